The standard InChI is InChI=1S/C20H19N7O7/c1-33-14-7-8-15(16(10-14)34-2)23-19-18(27(31)32)20(22-11-21-19)25-24-17(28)9-12-3-5-13(6-4-12)26(29)30/h3-8,10-11H,9H2,1-2H3,(H,24,28)(H2,21,22,23,25). The molecular formula is C20H19N7O7. The second-order valence-electron chi connectivity index (χ2n) is 6.64. The second kappa shape index (κ2) is 10.5. The van der Waals surface area contributed by atoms with Crippen LogP contribution in [-0.4, -0.2) is 39.9 Å². The Labute approximate surface area is 192 Å². The molecule has 0 radical (unpaired) electrons. The molecule has 176 valence electrons. The molecule has 0 saturated heterocycles. The molecule has 1 aromatic heterocycles. The molecule has 2 aromatic carbocycles. The van der Waals surface area contributed by atoms with E-state index in [0.717, 1.165) is 6.33 Å². The van der Waals surface area contributed by atoms with Gasteiger partial charge in [-0.3, -0.25) is 35.9 Å². The lowest BCUT2D eigenvalue weighted by Crippen LogP contribution is -2.31. The van der Waals surface area contributed by atoms with Crippen LogP contribution in [0.4, 0.5) is 28.7 Å². The number of rotatable bonds is 10. The van der Waals surface area contributed by atoms with Crippen LogP contribution in [0.2, 0.25) is 0 Å². The van der Waals surface area contributed by atoms with Crippen LogP contribution < -0.4 is 25.6 Å². The number of hydrogen-bond donors (Lipinski definition) is 3. The first-order valence-electron chi connectivity index (χ1n) is 9.59. The van der Waals surface area contributed by atoms with Crippen molar-refractivity contribution in [2.45, 2.75) is 6.42 Å². The van der Waals surface area contributed by atoms with Crippen LogP contribution in [0.3, 0.4) is 0 Å². The summed E-state index contributed by atoms with van der Waals surface area (Å²) in [6.45, 7) is 0. The highest BCUT2D eigenvalue weighted by molar-refractivity contribution is 5.82. The van der Waals surface area contributed by atoms with E-state index in [0.29, 0.717) is 22.7 Å². The van der Waals surface area contributed by atoms with Gasteiger partial charge in [0.2, 0.25) is 17.5 Å². The van der Waals surface area contributed by atoms with Crippen LogP contribution in [0.25, 0.3) is 0 Å². The number of nitrogens with zero attached hydrogens (tertiary/aromatic N) is 4. The van der Waals surface area contributed by atoms with Crippen LogP contribution in [-0.2, 0) is 11.2 Å². The number of anilines is 3. The van der Waals surface area contributed by atoms with E-state index in [1.807, 2.05) is 0 Å². The molecule has 34 heavy (non-hydrogen) atoms. The molecule has 0 spiro atoms. The monoisotopic (exact) mass is 469 g/mol. The third-order valence-electron chi connectivity index (χ3n) is 4.50. The van der Waals surface area contributed by atoms with Gasteiger partial charge in [0.25, 0.3) is 5.69 Å². The molecule has 0 bridgehead atoms. The number of non-ortho nitro benzene ring substituents is 1. The Kier molecular flexibility index (Phi) is 7.33. The third-order valence-corrected chi connectivity index (χ3v) is 4.50. The van der Waals surface area contributed by atoms with Gasteiger partial charge in [-0.15, -0.1) is 0 Å². The molecule has 0 aliphatic carbocycles. The predicted molar refractivity (Wildman–Crippen MR) is 120 cm³/mol. The van der Waals surface area contributed by atoms with Gasteiger partial charge in [0.15, 0.2) is 0 Å². The van der Waals surface area contributed by atoms with Crippen LogP contribution in [0.5, 0.6) is 11.5 Å². The number of carbonyl (C=O) groups is 1. The Balaban J connectivity index is 1.75. The predicted octanol–water partition coefficient (Wildman–Crippen LogP) is 2.74. The van der Waals surface area contributed by atoms with Crippen molar-refractivity contribution in [2.24, 2.45) is 0 Å². The zero-order chi connectivity index (χ0) is 24.7. The maximum absolute atomic E-state index is 12.2. The molecule has 3 N–H and O–H groups in total. The molecular weight excluding hydrogens is 450 g/mol. The number of nitro benzene ring substituents is 1. The Morgan fingerprint density at radius 3 is 2.29 bits per heavy atom. The van der Waals surface area contributed by atoms with Gasteiger partial charge in [-0.25, -0.2) is 9.97 Å². The average Bonchev–Trinajstić information content (AvgIpc) is 2.83. The van der Waals surface area contributed by atoms with Gasteiger partial charge in [0, 0.05) is 18.2 Å². The fourth-order valence-electron chi connectivity index (χ4n) is 2.86. The normalized spacial score (nSPS) is 10.2. The van der Waals surface area contributed by atoms with Crippen LogP contribution in [0.1, 0.15) is 5.56 Å². The van der Waals surface area contributed by atoms with E-state index in [9.17, 15) is 25.0 Å². The Hall–Kier alpha value is -5.01. The van der Waals surface area contributed by atoms with Crippen molar-refractivity contribution in [2.75, 3.05) is 25.0 Å². The van der Waals surface area contributed by atoms with Gasteiger partial charge in [-0.05, 0) is 17.7 Å². The van der Waals surface area contributed by atoms with Crippen molar-refractivity contribution < 1.29 is 24.1 Å². The minimum atomic E-state index is -0.705. The number of hydrogen-bond acceptors (Lipinski definition) is 11. The van der Waals surface area contributed by atoms with Crippen LogP contribution in [0.15, 0.2) is 48.8 Å². The van der Waals surface area contributed by atoms with E-state index in [2.05, 4.69) is 26.1 Å². The smallest absolute Gasteiger partial charge is 0.355 e. The summed E-state index contributed by atoms with van der Waals surface area (Å²) in [6, 6.07) is 10.3. The molecule has 0 saturated carbocycles. The van der Waals surface area contributed by atoms with E-state index in [1.165, 1.54) is 38.5 Å². The summed E-state index contributed by atoms with van der Waals surface area (Å²) >= 11 is 0. The van der Waals surface area contributed by atoms with E-state index < -0.39 is 21.4 Å². The quantitative estimate of drug-likeness (QED) is 0.293. The highest BCUT2D eigenvalue weighted by Gasteiger charge is 2.24. The molecule has 0 unspecified atom stereocenters. The van der Waals surface area contributed by atoms with Crippen molar-refractivity contribution in [1.29, 1.82) is 0 Å². The number of carbonyl (C=O) groups excluding carboxylic acids is 1. The van der Waals surface area contributed by atoms with Crippen molar-refractivity contribution in [1.82, 2.24) is 15.4 Å². The molecule has 0 aliphatic rings. The lowest BCUT2D eigenvalue weighted by molar-refractivity contribution is -0.384. The molecule has 1 amide bonds. The maximum atomic E-state index is 12.2. The molecule has 0 aliphatic heterocycles. The number of nitro groups is 2. The molecule has 14 heteroatoms. The summed E-state index contributed by atoms with van der Waals surface area (Å²) in [5, 5.41) is 25.3. The zero-order valence-electron chi connectivity index (χ0n) is 18.0. The van der Waals surface area contributed by atoms with E-state index in [1.54, 1.807) is 18.2 Å². The number of hydrazine groups is 1. The number of methoxy groups -OCH3 is 2. The maximum Gasteiger partial charge on any atom is 0.355 e. The highest BCUT2D eigenvalue weighted by Crippen LogP contribution is 2.35. The first-order chi connectivity index (χ1) is 16.3. The zero-order valence-corrected chi connectivity index (χ0v) is 18.0. The first-order valence-corrected chi connectivity index (χ1v) is 9.59. The number of ether oxygens (including phenoxy) is 2. The topological polar surface area (TPSA) is 184 Å². The van der Waals surface area contributed by atoms with Crippen molar-refractivity contribution >= 4 is 34.6 Å². The van der Waals surface area contributed by atoms with Crippen molar-refractivity contribution in [3.05, 3.63) is 74.6 Å². The number of benzene rings is 2. The Morgan fingerprint density at radius 1 is 0.971 bits per heavy atom. The summed E-state index contributed by atoms with van der Waals surface area (Å²) in [6.07, 6.45) is 0.953. The molecule has 14 nitrogen and oxygen atoms in total. The van der Waals surface area contributed by atoms with E-state index in [4.69, 9.17) is 9.47 Å². The fourth-order valence-corrected chi connectivity index (χ4v) is 2.86. The van der Waals surface area contributed by atoms with Gasteiger partial charge >= 0.3 is 5.69 Å². The SMILES string of the molecule is COc1ccc(Nc2ncnc(NNC(=O)Cc3ccc([N+](=O)[O-])cc3)c2[N+](=O)[O-])c(OC)c1. The Morgan fingerprint density at radius 2 is 1.68 bits per heavy atom. The van der Waals surface area contributed by atoms with Gasteiger partial charge in [-0.1, -0.05) is 12.1 Å². The summed E-state index contributed by atoms with van der Waals surface area (Å²) in [7, 11) is 2.92. The molecule has 3 aromatic rings. The Bertz CT molecular complexity index is 1220. The van der Waals surface area contributed by atoms with Gasteiger partial charge in [-0.2, -0.15) is 0 Å². The van der Waals surface area contributed by atoms with Gasteiger partial charge < -0.3 is 14.8 Å². The van der Waals surface area contributed by atoms with E-state index >= 15 is 0 Å². The summed E-state index contributed by atoms with van der Waals surface area (Å²) in [5.41, 5.74) is 5.02. The molecule has 0 atom stereocenters. The summed E-state index contributed by atoms with van der Waals surface area (Å²) in [4.78, 5) is 41.2. The first kappa shape index (κ1) is 23.6. The molecule has 1 heterocycles. The average molecular weight is 469 g/mol. The third kappa shape index (κ3) is 5.61. The number of aromatic nitrogens is 2. The summed E-state index contributed by atoms with van der Waals surface area (Å²) in [5.74, 6) is -0.0634. The minimum absolute atomic E-state index is 0.104. The number of nitrogens with one attached hydrogen (secondary N) is 3. The van der Waals surface area contributed by atoms with Crippen LogP contribution in [0, 0.1) is 20.2 Å². The van der Waals surface area contributed by atoms with E-state index in [-0.39, 0.29) is 23.7 Å². The molecule has 3 rings (SSSR count). The van der Waals surface area contributed by atoms with Gasteiger partial charge in [0.05, 0.1) is 36.2 Å². The number of amides is 1. The fraction of sp³-hybridized carbons (Fsp3) is 0.150. The van der Waals surface area contributed by atoms with Crippen LogP contribution >= 0.6 is 0 Å². The lowest BCUT2D eigenvalue weighted by Gasteiger charge is -2.13. The summed E-state index contributed by atoms with van der Waals surface area (Å²) < 4.78 is 10.4. The second-order valence-corrected chi connectivity index (χ2v) is 6.64. The van der Waals surface area contributed by atoms with Crippen molar-refractivity contribution in [3.8, 4) is 11.5 Å². The molecule has 0 fully saturated rings. The lowest BCUT2D eigenvalue weighted by atomic mass is 10.1. The van der Waals surface area contributed by atoms with Gasteiger partial charge in [0.1, 0.15) is 17.8 Å². The van der Waals surface area contributed by atoms with Crippen molar-refractivity contribution in [3.63, 3.8) is 0 Å². The highest BCUT2D eigenvalue weighted by atomic mass is 16.6. The largest absolute Gasteiger partial charge is 0.497 e. The minimum Gasteiger partial charge on any atom is -0.497 e.